The molecule has 0 bridgehead atoms. The lowest BCUT2D eigenvalue weighted by atomic mass is 10.1. The molecule has 0 fully saturated rings. The summed E-state index contributed by atoms with van der Waals surface area (Å²) in [6, 6.07) is 22.8. The van der Waals surface area contributed by atoms with Gasteiger partial charge in [0.25, 0.3) is 0 Å². The van der Waals surface area contributed by atoms with Gasteiger partial charge in [-0.1, -0.05) is 60.7 Å². The Morgan fingerprint density at radius 3 is 1.52 bits per heavy atom. The lowest BCUT2D eigenvalue weighted by molar-refractivity contribution is 0.588. The molecule has 0 spiro atoms. The fourth-order valence-corrected chi connectivity index (χ4v) is 2.88. The van der Waals surface area contributed by atoms with Gasteiger partial charge in [-0.25, -0.2) is 18.7 Å². The van der Waals surface area contributed by atoms with Crippen molar-refractivity contribution in [2.45, 2.75) is 0 Å². The number of nitrogens with two attached hydrogens (primary N) is 1. The average molecular weight is 359 g/mol. The summed E-state index contributed by atoms with van der Waals surface area (Å²) in [5.74, 6) is -1.61. The van der Waals surface area contributed by atoms with Crippen molar-refractivity contribution < 1.29 is 8.78 Å². The van der Waals surface area contributed by atoms with E-state index in [1.807, 2.05) is 60.7 Å². The third-order valence-corrected chi connectivity index (χ3v) is 4.15. The number of hydrogen-bond donors (Lipinski definition) is 1. The number of nitrogens with zero attached hydrogens (tertiary/aromatic N) is 2. The van der Waals surface area contributed by atoms with E-state index in [2.05, 4.69) is 9.97 Å². The van der Waals surface area contributed by atoms with Crippen LogP contribution in [0, 0.1) is 11.6 Å². The van der Waals surface area contributed by atoms with E-state index in [-0.39, 0.29) is 17.1 Å². The largest absolute Gasteiger partial charge is 0.399 e. The maximum absolute atomic E-state index is 14.5. The maximum Gasteiger partial charge on any atom is 0.166 e. The molecule has 3 aromatic carbocycles. The lowest BCUT2D eigenvalue weighted by Crippen LogP contribution is -2.01. The first kappa shape index (κ1) is 16.8. The zero-order valence-corrected chi connectivity index (χ0v) is 14.2. The van der Waals surface area contributed by atoms with Crippen molar-refractivity contribution in [1.29, 1.82) is 0 Å². The van der Waals surface area contributed by atoms with Gasteiger partial charge in [-0.2, -0.15) is 0 Å². The van der Waals surface area contributed by atoms with Crippen LogP contribution in [0.3, 0.4) is 0 Å². The minimum atomic E-state index is -0.795. The highest BCUT2D eigenvalue weighted by atomic mass is 19.1. The molecule has 0 radical (unpaired) electrons. The van der Waals surface area contributed by atoms with Gasteiger partial charge in [-0.15, -0.1) is 0 Å². The Balaban J connectivity index is 1.97. The van der Waals surface area contributed by atoms with Crippen LogP contribution in [0.5, 0.6) is 0 Å². The Morgan fingerprint density at radius 2 is 1.07 bits per heavy atom. The summed E-state index contributed by atoms with van der Waals surface area (Å²) in [5.41, 5.74) is 8.06. The molecule has 1 aromatic heterocycles. The van der Waals surface area contributed by atoms with Crippen molar-refractivity contribution in [1.82, 2.24) is 9.97 Å². The second kappa shape index (κ2) is 6.96. The Hall–Kier alpha value is -3.60. The van der Waals surface area contributed by atoms with Gasteiger partial charge in [0.05, 0.1) is 17.0 Å². The van der Waals surface area contributed by atoms with Crippen LogP contribution >= 0.6 is 0 Å². The number of nitrogen functional groups attached to an aromatic ring is 1. The first-order valence-corrected chi connectivity index (χ1v) is 8.36. The van der Waals surface area contributed by atoms with Crippen molar-refractivity contribution >= 4 is 5.69 Å². The van der Waals surface area contributed by atoms with E-state index in [9.17, 15) is 8.78 Å². The number of aromatic nitrogens is 2. The summed E-state index contributed by atoms with van der Waals surface area (Å²) in [7, 11) is 0. The molecule has 0 unspecified atom stereocenters. The van der Waals surface area contributed by atoms with Crippen LogP contribution in [-0.2, 0) is 0 Å². The summed E-state index contributed by atoms with van der Waals surface area (Å²) in [6.45, 7) is 0. The van der Waals surface area contributed by atoms with Crippen LogP contribution in [0.4, 0.5) is 14.5 Å². The van der Waals surface area contributed by atoms with Gasteiger partial charge >= 0.3 is 0 Å². The topological polar surface area (TPSA) is 51.8 Å². The molecule has 4 aromatic rings. The monoisotopic (exact) mass is 359 g/mol. The molecular weight excluding hydrogens is 344 g/mol. The van der Waals surface area contributed by atoms with Gasteiger partial charge in [0.15, 0.2) is 5.82 Å². The van der Waals surface area contributed by atoms with E-state index in [1.54, 1.807) is 6.07 Å². The number of hydrogen-bond acceptors (Lipinski definition) is 3. The molecule has 5 heteroatoms. The molecule has 0 aliphatic rings. The first-order valence-electron chi connectivity index (χ1n) is 8.36. The second-order valence-electron chi connectivity index (χ2n) is 6.05. The quantitative estimate of drug-likeness (QED) is 0.503. The van der Waals surface area contributed by atoms with Gasteiger partial charge in [0, 0.05) is 16.8 Å². The number of rotatable bonds is 3. The van der Waals surface area contributed by atoms with E-state index in [0.717, 1.165) is 23.3 Å². The van der Waals surface area contributed by atoms with Gasteiger partial charge in [-0.3, -0.25) is 0 Å². The SMILES string of the molecule is Nc1cc(F)c(-c2nc(-c3ccccc3)cc(-c3ccccc3)n2)c(F)c1. The minimum absolute atomic E-state index is 0.0104. The molecule has 2 N–H and O–H groups in total. The Labute approximate surface area is 155 Å². The number of anilines is 1. The highest BCUT2D eigenvalue weighted by molar-refractivity contribution is 5.72. The predicted molar refractivity (Wildman–Crippen MR) is 103 cm³/mol. The van der Waals surface area contributed by atoms with E-state index in [1.165, 1.54) is 0 Å². The average Bonchev–Trinajstić information content (AvgIpc) is 2.68. The smallest absolute Gasteiger partial charge is 0.166 e. The van der Waals surface area contributed by atoms with Crippen LogP contribution in [0.15, 0.2) is 78.9 Å². The molecule has 0 saturated carbocycles. The van der Waals surface area contributed by atoms with Crippen LogP contribution in [0.1, 0.15) is 0 Å². The standard InChI is InChI=1S/C22H15F2N3/c23-17-11-16(25)12-18(24)21(17)22-26-19(14-7-3-1-4-8-14)13-20(27-22)15-9-5-2-6-10-15/h1-13H,25H2. The van der Waals surface area contributed by atoms with Crippen molar-refractivity contribution in [2.75, 3.05) is 5.73 Å². The molecule has 0 aliphatic heterocycles. The van der Waals surface area contributed by atoms with E-state index in [0.29, 0.717) is 11.4 Å². The summed E-state index contributed by atoms with van der Waals surface area (Å²) in [4.78, 5) is 8.84. The predicted octanol–water partition coefficient (Wildman–Crippen LogP) is 5.34. The third-order valence-electron chi connectivity index (χ3n) is 4.15. The molecule has 1 heterocycles. The van der Waals surface area contributed by atoms with Crippen LogP contribution in [-0.4, -0.2) is 9.97 Å². The van der Waals surface area contributed by atoms with Gasteiger partial charge in [-0.05, 0) is 18.2 Å². The van der Waals surface area contributed by atoms with E-state index < -0.39 is 11.6 Å². The lowest BCUT2D eigenvalue weighted by Gasteiger charge is -2.11. The fraction of sp³-hybridized carbons (Fsp3) is 0. The fourth-order valence-electron chi connectivity index (χ4n) is 2.88. The molecule has 0 atom stereocenters. The number of benzene rings is 3. The zero-order chi connectivity index (χ0) is 18.8. The van der Waals surface area contributed by atoms with Gasteiger partial charge in [0.2, 0.25) is 0 Å². The Kier molecular flexibility index (Phi) is 4.34. The third kappa shape index (κ3) is 3.40. The molecule has 3 nitrogen and oxygen atoms in total. The van der Waals surface area contributed by atoms with Crippen LogP contribution < -0.4 is 5.73 Å². The summed E-state index contributed by atoms with van der Waals surface area (Å²) < 4.78 is 28.9. The molecule has 132 valence electrons. The van der Waals surface area contributed by atoms with Crippen molar-refractivity contribution in [2.24, 2.45) is 0 Å². The van der Waals surface area contributed by atoms with Gasteiger partial charge < -0.3 is 5.73 Å². The van der Waals surface area contributed by atoms with Gasteiger partial charge in [0.1, 0.15) is 11.6 Å². The van der Waals surface area contributed by atoms with Crippen molar-refractivity contribution in [3.8, 4) is 33.9 Å². The van der Waals surface area contributed by atoms with Crippen LogP contribution in [0.2, 0.25) is 0 Å². The van der Waals surface area contributed by atoms with E-state index in [4.69, 9.17) is 5.73 Å². The second-order valence-corrected chi connectivity index (χ2v) is 6.05. The van der Waals surface area contributed by atoms with E-state index >= 15 is 0 Å². The molecule has 0 amide bonds. The summed E-state index contributed by atoms with van der Waals surface area (Å²) in [6.07, 6.45) is 0. The summed E-state index contributed by atoms with van der Waals surface area (Å²) in [5, 5.41) is 0. The first-order chi connectivity index (χ1) is 13.1. The highest BCUT2D eigenvalue weighted by Gasteiger charge is 2.18. The Bertz CT molecular complexity index is 1020. The highest BCUT2D eigenvalue weighted by Crippen LogP contribution is 2.30. The molecule has 0 saturated heterocycles. The number of halogens is 2. The molecule has 4 rings (SSSR count). The Morgan fingerprint density at radius 1 is 0.630 bits per heavy atom. The van der Waals surface area contributed by atoms with Crippen molar-refractivity contribution in [3.63, 3.8) is 0 Å². The van der Waals surface area contributed by atoms with Crippen molar-refractivity contribution in [3.05, 3.63) is 90.5 Å². The van der Waals surface area contributed by atoms with Crippen LogP contribution in [0.25, 0.3) is 33.9 Å². The normalized spacial score (nSPS) is 10.7. The molecule has 0 aliphatic carbocycles. The zero-order valence-electron chi connectivity index (χ0n) is 14.2. The molecular formula is C22H15F2N3. The minimum Gasteiger partial charge on any atom is -0.399 e. The maximum atomic E-state index is 14.5. The summed E-state index contributed by atoms with van der Waals surface area (Å²) >= 11 is 0. The molecule has 27 heavy (non-hydrogen) atoms.